The van der Waals surface area contributed by atoms with Crippen molar-refractivity contribution < 1.29 is 14.2 Å². The van der Waals surface area contributed by atoms with Crippen molar-refractivity contribution in [2.24, 2.45) is 0 Å². The number of benzene rings is 2. The largest absolute Gasteiger partial charge is 0.494 e. The Hall–Kier alpha value is -1.87. The fraction of sp³-hybridized carbons (Fsp3) is 0.200. The van der Waals surface area contributed by atoms with E-state index in [1.807, 2.05) is 31.2 Å². The maximum absolute atomic E-state index is 13.3. The molecule has 0 fully saturated rings. The molecule has 2 rings (SSSR count). The maximum atomic E-state index is 13.3. The van der Waals surface area contributed by atoms with Gasteiger partial charge in [-0.05, 0) is 35.7 Å². The number of halogens is 1. The summed E-state index contributed by atoms with van der Waals surface area (Å²) in [6, 6.07) is 12.0. The Morgan fingerprint density at radius 1 is 1.17 bits per heavy atom. The lowest BCUT2D eigenvalue weighted by Crippen LogP contribution is -2.02. The number of hydrogen-bond donors (Lipinski definition) is 1. The number of ether oxygens (including phenoxy) is 1. The fourth-order valence-corrected chi connectivity index (χ4v) is 1.92. The predicted octanol–water partition coefficient (Wildman–Crippen LogP) is 3.22. The molecule has 1 N–H and O–H groups in total. The zero-order chi connectivity index (χ0) is 13.1. The molecule has 0 aliphatic heterocycles. The van der Waals surface area contributed by atoms with Gasteiger partial charge in [0.05, 0.1) is 7.11 Å². The van der Waals surface area contributed by atoms with E-state index in [9.17, 15) is 9.50 Å². The highest BCUT2D eigenvalue weighted by molar-refractivity contribution is 5.38. The molecule has 94 valence electrons. The molecular weight excluding hydrogens is 231 g/mol. The van der Waals surface area contributed by atoms with Crippen LogP contribution in [-0.2, 0) is 0 Å². The van der Waals surface area contributed by atoms with Gasteiger partial charge in [-0.1, -0.05) is 30.3 Å². The standard InChI is InChI=1S/C15H15FO2/c1-10-5-3-4-6-12(10)15(17)11-7-8-13(16)14(9-11)18-2/h3-9,15,17H,1-2H3. The molecule has 0 saturated carbocycles. The molecule has 0 aliphatic carbocycles. The summed E-state index contributed by atoms with van der Waals surface area (Å²) in [4.78, 5) is 0. The summed E-state index contributed by atoms with van der Waals surface area (Å²) < 4.78 is 18.2. The third-order valence-electron chi connectivity index (χ3n) is 2.97. The molecule has 0 aromatic heterocycles. The van der Waals surface area contributed by atoms with Crippen molar-refractivity contribution in [2.75, 3.05) is 7.11 Å². The van der Waals surface area contributed by atoms with Gasteiger partial charge in [-0.15, -0.1) is 0 Å². The van der Waals surface area contributed by atoms with Gasteiger partial charge >= 0.3 is 0 Å². The van der Waals surface area contributed by atoms with E-state index in [1.54, 1.807) is 6.07 Å². The zero-order valence-corrected chi connectivity index (χ0v) is 10.4. The molecule has 2 aromatic carbocycles. The van der Waals surface area contributed by atoms with E-state index < -0.39 is 11.9 Å². The first-order valence-electron chi connectivity index (χ1n) is 5.70. The second-order valence-electron chi connectivity index (χ2n) is 4.15. The number of methoxy groups -OCH3 is 1. The van der Waals surface area contributed by atoms with Crippen LogP contribution in [0.1, 0.15) is 22.8 Å². The second-order valence-corrected chi connectivity index (χ2v) is 4.15. The summed E-state index contributed by atoms with van der Waals surface area (Å²) in [6.45, 7) is 1.93. The Morgan fingerprint density at radius 2 is 1.89 bits per heavy atom. The summed E-state index contributed by atoms with van der Waals surface area (Å²) in [5.74, 6) is -0.293. The molecule has 0 aliphatic rings. The first-order valence-corrected chi connectivity index (χ1v) is 5.70. The average Bonchev–Trinajstić information content (AvgIpc) is 2.39. The van der Waals surface area contributed by atoms with Gasteiger partial charge in [0.15, 0.2) is 11.6 Å². The number of hydrogen-bond acceptors (Lipinski definition) is 2. The first-order chi connectivity index (χ1) is 8.63. The Kier molecular flexibility index (Phi) is 3.63. The number of aliphatic hydroxyl groups is 1. The van der Waals surface area contributed by atoms with Gasteiger partial charge < -0.3 is 9.84 Å². The van der Waals surface area contributed by atoms with Gasteiger partial charge in [-0.3, -0.25) is 0 Å². The van der Waals surface area contributed by atoms with Crippen LogP contribution in [0.15, 0.2) is 42.5 Å². The molecule has 1 atom stereocenters. The van der Waals surface area contributed by atoms with Crippen LogP contribution >= 0.6 is 0 Å². The number of aliphatic hydroxyl groups excluding tert-OH is 1. The lowest BCUT2D eigenvalue weighted by Gasteiger charge is -2.15. The average molecular weight is 246 g/mol. The van der Waals surface area contributed by atoms with Gasteiger partial charge in [-0.2, -0.15) is 0 Å². The van der Waals surface area contributed by atoms with Crippen molar-refractivity contribution >= 4 is 0 Å². The van der Waals surface area contributed by atoms with Gasteiger partial charge in [0, 0.05) is 0 Å². The highest BCUT2D eigenvalue weighted by Crippen LogP contribution is 2.28. The lowest BCUT2D eigenvalue weighted by molar-refractivity contribution is 0.218. The molecule has 2 nitrogen and oxygen atoms in total. The predicted molar refractivity (Wildman–Crippen MR) is 68.2 cm³/mol. The second kappa shape index (κ2) is 5.19. The van der Waals surface area contributed by atoms with Crippen LogP contribution in [0.2, 0.25) is 0 Å². The van der Waals surface area contributed by atoms with Crippen LogP contribution in [0.25, 0.3) is 0 Å². The smallest absolute Gasteiger partial charge is 0.165 e. The molecule has 2 aromatic rings. The monoisotopic (exact) mass is 246 g/mol. The van der Waals surface area contributed by atoms with Crippen molar-refractivity contribution in [3.63, 3.8) is 0 Å². The van der Waals surface area contributed by atoms with E-state index in [1.165, 1.54) is 19.2 Å². The Balaban J connectivity index is 2.40. The minimum Gasteiger partial charge on any atom is -0.494 e. The van der Waals surface area contributed by atoms with E-state index in [4.69, 9.17) is 4.74 Å². The molecule has 0 saturated heterocycles. The Morgan fingerprint density at radius 3 is 2.56 bits per heavy atom. The van der Waals surface area contributed by atoms with Gasteiger partial charge in [0.25, 0.3) is 0 Å². The summed E-state index contributed by atoms with van der Waals surface area (Å²) in [5, 5.41) is 10.3. The van der Waals surface area contributed by atoms with E-state index in [0.717, 1.165) is 11.1 Å². The molecule has 18 heavy (non-hydrogen) atoms. The van der Waals surface area contributed by atoms with Gasteiger partial charge in [0.2, 0.25) is 0 Å². The van der Waals surface area contributed by atoms with Crippen molar-refractivity contribution in [2.45, 2.75) is 13.0 Å². The van der Waals surface area contributed by atoms with Crippen LogP contribution in [-0.4, -0.2) is 12.2 Å². The summed E-state index contributed by atoms with van der Waals surface area (Å²) >= 11 is 0. The van der Waals surface area contributed by atoms with Crippen LogP contribution in [0.4, 0.5) is 4.39 Å². The zero-order valence-electron chi connectivity index (χ0n) is 10.4. The highest BCUT2D eigenvalue weighted by atomic mass is 19.1. The highest BCUT2D eigenvalue weighted by Gasteiger charge is 2.14. The Labute approximate surface area is 106 Å². The van der Waals surface area contributed by atoms with E-state index >= 15 is 0 Å². The summed E-state index contributed by atoms with van der Waals surface area (Å²) in [6.07, 6.45) is -0.777. The molecule has 0 radical (unpaired) electrons. The minimum atomic E-state index is -0.777. The molecular formula is C15H15FO2. The van der Waals surface area contributed by atoms with E-state index in [-0.39, 0.29) is 5.75 Å². The minimum absolute atomic E-state index is 0.139. The van der Waals surface area contributed by atoms with Crippen molar-refractivity contribution in [1.29, 1.82) is 0 Å². The maximum Gasteiger partial charge on any atom is 0.165 e. The molecule has 3 heteroatoms. The fourth-order valence-electron chi connectivity index (χ4n) is 1.92. The van der Waals surface area contributed by atoms with Crippen molar-refractivity contribution in [3.8, 4) is 5.75 Å². The third-order valence-corrected chi connectivity index (χ3v) is 2.97. The molecule has 0 heterocycles. The van der Waals surface area contributed by atoms with E-state index in [0.29, 0.717) is 5.56 Å². The van der Waals surface area contributed by atoms with Gasteiger partial charge in [-0.25, -0.2) is 4.39 Å². The summed E-state index contributed by atoms with van der Waals surface area (Å²) in [5.41, 5.74) is 2.42. The first kappa shape index (κ1) is 12.6. The SMILES string of the molecule is COc1cc(C(O)c2ccccc2C)ccc1F. The van der Waals surface area contributed by atoms with Crippen molar-refractivity contribution in [3.05, 3.63) is 65.0 Å². The van der Waals surface area contributed by atoms with Crippen molar-refractivity contribution in [1.82, 2.24) is 0 Å². The van der Waals surface area contributed by atoms with E-state index in [2.05, 4.69) is 0 Å². The topological polar surface area (TPSA) is 29.5 Å². The molecule has 0 amide bonds. The van der Waals surface area contributed by atoms with Crippen LogP contribution in [0.3, 0.4) is 0 Å². The molecule has 0 spiro atoms. The third kappa shape index (κ3) is 2.36. The summed E-state index contributed by atoms with van der Waals surface area (Å²) in [7, 11) is 1.41. The normalized spacial score (nSPS) is 12.2. The molecule has 1 unspecified atom stereocenters. The Bertz CT molecular complexity index is 552. The van der Waals surface area contributed by atoms with Crippen LogP contribution in [0, 0.1) is 12.7 Å². The number of rotatable bonds is 3. The van der Waals surface area contributed by atoms with Crippen LogP contribution < -0.4 is 4.74 Å². The van der Waals surface area contributed by atoms with Crippen LogP contribution in [0.5, 0.6) is 5.75 Å². The molecule has 0 bridgehead atoms. The van der Waals surface area contributed by atoms with Gasteiger partial charge in [0.1, 0.15) is 6.10 Å². The quantitative estimate of drug-likeness (QED) is 0.901. The number of aryl methyl sites for hydroxylation is 1. The lowest BCUT2D eigenvalue weighted by atomic mass is 9.97.